The molecule has 148 valence electrons. The highest BCUT2D eigenvalue weighted by Gasteiger charge is 2.33. The Labute approximate surface area is 174 Å². The fourth-order valence-corrected chi connectivity index (χ4v) is 5.12. The molecule has 3 heterocycles. The Bertz CT molecular complexity index is 1280. The number of allylic oxidation sites excluding steroid dienone is 1. The molecule has 1 aromatic carbocycles. The van der Waals surface area contributed by atoms with Gasteiger partial charge in [0.25, 0.3) is 5.56 Å². The van der Waals surface area contributed by atoms with Crippen LogP contribution in [0.25, 0.3) is 6.08 Å². The molecule has 1 aliphatic rings. The summed E-state index contributed by atoms with van der Waals surface area (Å²) in [7, 11) is 0. The number of phenolic OH excluding ortho intramolecular Hbond substituents is 1. The third kappa shape index (κ3) is 3.45. The zero-order chi connectivity index (χ0) is 20.5. The van der Waals surface area contributed by atoms with Gasteiger partial charge in [-0.25, -0.2) is 9.79 Å². The number of carbonyl (C=O) groups excluding carboxylic acids is 1. The number of benzene rings is 1. The number of aromatic hydroxyl groups is 1. The van der Waals surface area contributed by atoms with Crippen molar-refractivity contribution in [2.24, 2.45) is 4.99 Å². The smallest absolute Gasteiger partial charge is 0.338 e. The number of ether oxygens (including phenoxy) is 1. The summed E-state index contributed by atoms with van der Waals surface area (Å²) in [5.74, 6) is -0.376. The van der Waals surface area contributed by atoms with E-state index in [1.807, 2.05) is 17.5 Å². The van der Waals surface area contributed by atoms with E-state index in [2.05, 4.69) is 4.99 Å². The number of rotatable bonds is 4. The number of fused-ring (bicyclic) bond motifs is 1. The van der Waals surface area contributed by atoms with E-state index in [0.717, 1.165) is 4.88 Å². The number of para-hydroxylation sites is 1. The van der Waals surface area contributed by atoms with Crippen LogP contribution in [0.15, 0.2) is 62.8 Å². The summed E-state index contributed by atoms with van der Waals surface area (Å²) in [6.45, 7) is 3.74. The predicted molar refractivity (Wildman–Crippen MR) is 113 cm³/mol. The number of thiazole rings is 1. The zero-order valence-corrected chi connectivity index (χ0v) is 17.4. The maximum Gasteiger partial charge on any atom is 0.338 e. The second-order valence-corrected chi connectivity index (χ2v) is 8.36. The van der Waals surface area contributed by atoms with Crippen LogP contribution in [-0.4, -0.2) is 22.2 Å². The molecule has 4 rings (SSSR count). The summed E-state index contributed by atoms with van der Waals surface area (Å²) in [4.78, 5) is 31.9. The van der Waals surface area contributed by atoms with Crippen LogP contribution in [0, 0.1) is 0 Å². The molecule has 1 atom stereocenters. The molecule has 0 fully saturated rings. The van der Waals surface area contributed by atoms with Gasteiger partial charge in [-0.3, -0.25) is 9.36 Å². The van der Waals surface area contributed by atoms with Crippen LogP contribution in [-0.2, 0) is 9.53 Å². The molecule has 6 nitrogen and oxygen atoms in total. The van der Waals surface area contributed by atoms with Gasteiger partial charge in [0.05, 0.1) is 22.4 Å². The molecule has 29 heavy (non-hydrogen) atoms. The first-order chi connectivity index (χ1) is 14.0. The molecule has 0 amide bonds. The van der Waals surface area contributed by atoms with Crippen LogP contribution in [0.1, 0.15) is 30.3 Å². The molecule has 1 aliphatic heterocycles. The van der Waals surface area contributed by atoms with Crippen molar-refractivity contribution in [3.05, 3.63) is 83.2 Å². The van der Waals surface area contributed by atoms with Gasteiger partial charge in [0.1, 0.15) is 11.8 Å². The molecule has 0 aliphatic carbocycles. The maximum absolute atomic E-state index is 13.3. The first-order valence-corrected chi connectivity index (χ1v) is 10.7. The number of nitrogens with zero attached hydrogens (tertiary/aromatic N) is 2. The lowest BCUT2D eigenvalue weighted by molar-refractivity contribution is -0.139. The third-order valence-corrected chi connectivity index (χ3v) is 6.46. The fraction of sp³-hybridized carbons (Fsp3) is 0.190. The van der Waals surface area contributed by atoms with Gasteiger partial charge in [0.15, 0.2) is 4.80 Å². The highest BCUT2D eigenvalue weighted by Crippen LogP contribution is 2.33. The van der Waals surface area contributed by atoms with Gasteiger partial charge < -0.3 is 9.84 Å². The van der Waals surface area contributed by atoms with E-state index in [1.54, 1.807) is 48.8 Å². The minimum Gasteiger partial charge on any atom is -0.507 e. The first-order valence-electron chi connectivity index (χ1n) is 9.02. The van der Waals surface area contributed by atoms with Gasteiger partial charge in [-0.15, -0.1) is 11.3 Å². The van der Waals surface area contributed by atoms with Gasteiger partial charge in [0.2, 0.25) is 0 Å². The van der Waals surface area contributed by atoms with Crippen LogP contribution in [0.3, 0.4) is 0 Å². The highest BCUT2D eigenvalue weighted by atomic mass is 32.1. The highest BCUT2D eigenvalue weighted by molar-refractivity contribution is 7.10. The Balaban J connectivity index is 1.96. The van der Waals surface area contributed by atoms with Gasteiger partial charge in [-0.05, 0) is 37.4 Å². The normalized spacial score (nSPS) is 16.5. The second-order valence-electron chi connectivity index (χ2n) is 6.38. The van der Waals surface area contributed by atoms with Crippen molar-refractivity contribution < 1.29 is 14.6 Å². The Morgan fingerprint density at radius 3 is 2.79 bits per heavy atom. The Morgan fingerprint density at radius 1 is 1.31 bits per heavy atom. The lowest BCUT2D eigenvalue weighted by atomic mass is 10.0. The van der Waals surface area contributed by atoms with Crippen molar-refractivity contribution in [3.63, 3.8) is 0 Å². The van der Waals surface area contributed by atoms with E-state index in [0.29, 0.717) is 26.2 Å². The number of hydrogen-bond acceptors (Lipinski definition) is 7. The summed E-state index contributed by atoms with van der Waals surface area (Å²) in [5.41, 5.74) is 1.20. The van der Waals surface area contributed by atoms with Crippen LogP contribution < -0.4 is 14.9 Å². The van der Waals surface area contributed by atoms with Crippen molar-refractivity contribution in [2.75, 3.05) is 6.61 Å². The van der Waals surface area contributed by atoms with Gasteiger partial charge in [0, 0.05) is 10.4 Å². The van der Waals surface area contributed by atoms with Crippen LogP contribution >= 0.6 is 22.7 Å². The molecular weight excluding hydrogens is 408 g/mol. The minimum absolute atomic E-state index is 0.0940. The van der Waals surface area contributed by atoms with Crippen LogP contribution in [0.4, 0.5) is 0 Å². The molecule has 0 radical (unpaired) electrons. The number of thiophene rings is 1. The van der Waals surface area contributed by atoms with Gasteiger partial charge >= 0.3 is 5.97 Å². The SMILES string of the molecule is CCOC(=O)C1=C(C)N=c2sc(=Cc3ccccc3O)c(=O)n2[C@@H]1c1cccs1. The molecule has 0 saturated carbocycles. The number of phenols is 1. The Hall–Kier alpha value is -2.97. The number of esters is 1. The third-order valence-electron chi connectivity index (χ3n) is 4.55. The summed E-state index contributed by atoms with van der Waals surface area (Å²) < 4.78 is 7.23. The summed E-state index contributed by atoms with van der Waals surface area (Å²) in [6, 6.07) is 10.0. The van der Waals surface area contributed by atoms with Crippen LogP contribution in [0.5, 0.6) is 5.75 Å². The van der Waals surface area contributed by atoms with Crippen molar-refractivity contribution in [3.8, 4) is 5.75 Å². The van der Waals surface area contributed by atoms with Crippen LogP contribution in [0.2, 0.25) is 0 Å². The lowest BCUT2D eigenvalue weighted by Crippen LogP contribution is -2.39. The van der Waals surface area contributed by atoms with Crippen molar-refractivity contribution in [1.82, 2.24) is 4.57 Å². The summed E-state index contributed by atoms with van der Waals surface area (Å²) in [6.07, 6.45) is 1.65. The van der Waals surface area contributed by atoms with E-state index in [1.165, 1.54) is 22.7 Å². The van der Waals surface area contributed by atoms with Crippen molar-refractivity contribution >= 4 is 34.7 Å². The van der Waals surface area contributed by atoms with Gasteiger partial charge in [-0.2, -0.15) is 0 Å². The molecule has 3 aromatic rings. The number of hydrogen-bond donors (Lipinski definition) is 1. The number of aromatic nitrogens is 1. The van der Waals surface area contributed by atoms with E-state index in [4.69, 9.17) is 4.74 Å². The van der Waals surface area contributed by atoms with Crippen molar-refractivity contribution in [2.45, 2.75) is 19.9 Å². The van der Waals surface area contributed by atoms with E-state index >= 15 is 0 Å². The average Bonchev–Trinajstić information content (AvgIpc) is 3.32. The fourth-order valence-electron chi connectivity index (χ4n) is 3.26. The molecule has 0 spiro atoms. The van der Waals surface area contributed by atoms with Gasteiger partial charge in [-0.1, -0.05) is 35.6 Å². The lowest BCUT2D eigenvalue weighted by Gasteiger charge is -2.23. The molecule has 0 unspecified atom stereocenters. The Kier molecular flexibility index (Phi) is 5.21. The summed E-state index contributed by atoms with van der Waals surface area (Å²) in [5, 5.41) is 12.0. The maximum atomic E-state index is 13.3. The quantitative estimate of drug-likeness (QED) is 0.650. The number of carbonyl (C=O) groups is 1. The minimum atomic E-state index is -0.586. The average molecular weight is 427 g/mol. The molecule has 8 heteroatoms. The van der Waals surface area contributed by atoms with Crippen molar-refractivity contribution in [1.29, 1.82) is 0 Å². The predicted octanol–water partition coefficient (Wildman–Crippen LogP) is 2.57. The Morgan fingerprint density at radius 2 is 2.10 bits per heavy atom. The molecular formula is C21H18N2O4S2. The molecule has 0 bridgehead atoms. The standard InChI is InChI=1S/C21H18N2O4S2/c1-3-27-20(26)17-12(2)22-21-23(18(17)15-9-6-10-28-15)19(25)16(29-21)11-13-7-4-5-8-14(13)24/h4-11,18,24H,3H2,1-2H3/t18-/m1/s1. The second kappa shape index (κ2) is 7.81. The van der Waals surface area contributed by atoms with E-state index in [-0.39, 0.29) is 17.9 Å². The largest absolute Gasteiger partial charge is 0.507 e. The monoisotopic (exact) mass is 426 g/mol. The molecule has 1 N–H and O–H groups in total. The summed E-state index contributed by atoms with van der Waals surface area (Å²) >= 11 is 2.70. The first kappa shape index (κ1) is 19.4. The van der Waals surface area contributed by atoms with E-state index < -0.39 is 12.0 Å². The molecule has 2 aromatic heterocycles. The zero-order valence-electron chi connectivity index (χ0n) is 15.8. The van der Waals surface area contributed by atoms with E-state index in [9.17, 15) is 14.7 Å². The molecule has 0 saturated heterocycles. The topological polar surface area (TPSA) is 80.9 Å².